The lowest BCUT2D eigenvalue weighted by molar-refractivity contribution is -0.143. The van der Waals surface area contributed by atoms with Gasteiger partial charge in [0.05, 0.1) is 11.1 Å². The minimum absolute atomic E-state index is 0.0873. The summed E-state index contributed by atoms with van der Waals surface area (Å²) >= 11 is 0. The third-order valence-corrected chi connectivity index (χ3v) is 5.62. The molecule has 0 spiro atoms. The van der Waals surface area contributed by atoms with E-state index in [2.05, 4.69) is 10.3 Å². The smallest absolute Gasteiger partial charge is 0.334 e. The Morgan fingerprint density at radius 1 is 1.00 bits per heavy atom. The number of piperidine rings is 1. The summed E-state index contributed by atoms with van der Waals surface area (Å²) in [6.45, 7) is 0.673. The van der Waals surface area contributed by atoms with E-state index in [9.17, 15) is 27.2 Å². The van der Waals surface area contributed by atoms with Gasteiger partial charge >= 0.3 is 18.0 Å². The number of carbonyl (C=O) groups excluding carboxylic acids is 2. The Morgan fingerprint density at radius 3 is 2.34 bits per heavy atom. The van der Waals surface area contributed by atoms with Crippen molar-refractivity contribution in [2.24, 2.45) is 0 Å². The summed E-state index contributed by atoms with van der Waals surface area (Å²) in [5.41, 5.74) is 0.915. The Hall–Kier alpha value is -3.49. The number of fused-ring (bicyclic) bond motifs is 1. The van der Waals surface area contributed by atoms with Gasteiger partial charge in [0.2, 0.25) is 0 Å². The quantitative estimate of drug-likeness (QED) is 0.458. The van der Waals surface area contributed by atoms with Gasteiger partial charge in [-0.3, -0.25) is 14.6 Å². The molecule has 0 bridgehead atoms. The van der Waals surface area contributed by atoms with Crippen molar-refractivity contribution in [2.45, 2.75) is 24.9 Å². The van der Waals surface area contributed by atoms with Gasteiger partial charge in [-0.25, -0.2) is 4.39 Å². The highest BCUT2D eigenvalue weighted by Gasteiger charge is 2.31. The Kier molecular flexibility index (Phi) is 5.82. The molecule has 1 aliphatic heterocycles. The molecule has 0 atom stereocenters. The zero-order valence-electron chi connectivity index (χ0n) is 16.8. The molecule has 0 unspecified atom stereocenters. The number of nitrogens with one attached hydrogen (secondary N) is 1. The first-order valence-corrected chi connectivity index (χ1v) is 10.0. The molecule has 1 fully saturated rings. The van der Waals surface area contributed by atoms with Gasteiger partial charge in [-0.1, -0.05) is 0 Å². The van der Waals surface area contributed by atoms with Crippen LogP contribution in [0.4, 0.5) is 23.2 Å². The summed E-state index contributed by atoms with van der Waals surface area (Å²) in [4.78, 5) is 30.5. The van der Waals surface area contributed by atoms with Gasteiger partial charge in [0.1, 0.15) is 5.82 Å². The van der Waals surface area contributed by atoms with Crippen molar-refractivity contribution < 1.29 is 27.2 Å². The standard InChI is InChI=1S/C23H19F4N3O2/c24-16-3-6-20-19(13-16)18(7-10-28-20)14-8-11-30(12-9-14)22(32)21(31)29-17-4-1-15(2-5-17)23(25,26)27/h1-7,10,13-14H,8-9,11-12H2,(H,29,31). The van der Waals surface area contributed by atoms with E-state index in [1.807, 2.05) is 6.07 Å². The Morgan fingerprint density at radius 2 is 1.69 bits per heavy atom. The molecule has 1 N–H and O–H groups in total. The summed E-state index contributed by atoms with van der Waals surface area (Å²) in [6.07, 6.45) is -1.62. The van der Waals surface area contributed by atoms with Crippen molar-refractivity contribution in [3.8, 4) is 0 Å². The molecule has 9 heteroatoms. The molecule has 1 aromatic heterocycles. The van der Waals surface area contributed by atoms with Crippen LogP contribution in [0.1, 0.15) is 29.9 Å². The zero-order chi connectivity index (χ0) is 22.9. The molecule has 4 rings (SSSR count). The molecule has 0 radical (unpaired) electrons. The van der Waals surface area contributed by atoms with Gasteiger partial charge in [0.25, 0.3) is 0 Å². The molecule has 0 aliphatic carbocycles. The van der Waals surface area contributed by atoms with Crippen LogP contribution in [0.25, 0.3) is 10.9 Å². The van der Waals surface area contributed by atoms with E-state index in [1.165, 1.54) is 17.0 Å². The van der Waals surface area contributed by atoms with E-state index in [4.69, 9.17) is 0 Å². The maximum Gasteiger partial charge on any atom is 0.416 e. The number of hydrogen-bond donors (Lipinski definition) is 1. The molecule has 2 aromatic carbocycles. The van der Waals surface area contributed by atoms with Crippen molar-refractivity contribution in [1.82, 2.24) is 9.88 Å². The first-order chi connectivity index (χ1) is 15.2. The minimum atomic E-state index is -4.48. The normalized spacial score (nSPS) is 15.1. The Balaban J connectivity index is 1.38. The van der Waals surface area contributed by atoms with E-state index in [-0.39, 0.29) is 17.4 Å². The van der Waals surface area contributed by atoms with Gasteiger partial charge in [-0.2, -0.15) is 13.2 Å². The minimum Gasteiger partial charge on any atom is -0.334 e. The second-order valence-corrected chi connectivity index (χ2v) is 7.66. The fourth-order valence-corrected chi connectivity index (χ4v) is 3.96. The number of nitrogens with zero attached hydrogens (tertiary/aromatic N) is 2. The Bertz CT molecular complexity index is 1150. The van der Waals surface area contributed by atoms with Gasteiger partial charge in [0.15, 0.2) is 0 Å². The van der Waals surface area contributed by atoms with Crippen LogP contribution in [-0.2, 0) is 15.8 Å². The predicted molar refractivity (Wildman–Crippen MR) is 110 cm³/mol. The molecule has 3 aromatic rings. The number of pyridine rings is 1. The van der Waals surface area contributed by atoms with Gasteiger partial charge in [0, 0.05) is 30.4 Å². The largest absolute Gasteiger partial charge is 0.416 e. The highest BCUT2D eigenvalue weighted by atomic mass is 19.4. The second-order valence-electron chi connectivity index (χ2n) is 7.66. The van der Waals surface area contributed by atoms with Crippen molar-refractivity contribution in [3.63, 3.8) is 0 Å². The number of halogens is 4. The molecule has 32 heavy (non-hydrogen) atoms. The zero-order valence-corrected chi connectivity index (χ0v) is 16.8. The number of carbonyl (C=O) groups is 2. The third kappa shape index (κ3) is 4.56. The SMILES string of the molecule is O=C(Nc1ccc(C(F)(F)F)cc1)C(=O)N1CCC(c2ccnc3ccc(F)cc23)CC1. The van der Waals surface area contributed by atoms with E-state index >= 15 is 0 Å². The number of hydrogen-bond acceptors (Lipinski definition) is 3. The summed E-state index contributed by atoms with van der Waals surface area (Å²) in [5.74, 6) is -1.91. The molecule has 2 heterocycles. The number of aromatic nitrogens is 1. The lowest BCUT2D eigenvalue weighted by Crippen LogP contribution is -2.43. The van der Waals surface area contributed by atoms with Crippen molar-refractivity contribution in [2.75, 3.05) is 18.4 Å². The molecular formula is C23H19F4N3O2. The van der Waals surface area contributed by atoms with Crippen LogP contribution >= 0.6 is 0 Å². The number of likely N-dealkylation sites (tertiary alicyclic amines) is 1. The lowest BCUT2D eigenvalue weighted by Gasteiger charge is -2.32. The summed E-state index contributed by atoms with van der Waals surface area (Å²) in [7, 11) is 0. The molecule has 2 amide bonds. The molecule has 0 saturated carbocycles. The van der Waals surface area contributed by atoms with Crippen molar-refractivity contribution in [3.05, 3.63) is 71.7 Å². The van der Waals surface area contributed by atoms with E-state index < -0.39 is 23.6 Å². The average molecular weight is 445 g/mol. The number of rotatable bonds is 2. The van der Waals surface area contributed by atoms with Crippen LogP contribution in [0.3, 0.4) is 0 Å². The van der Waals surface area contributed by atoms with Crippen molar-refractivity contribution in [1.29, 1.82) is 0 Å². The summed E-state index contributed by atoms with van der Waals surface area (Å²) in [5, 5.41) is 3.08. The van der Waals surface area contributed by atoms with Crippen LogP contribution in [-0.4, -0.2) is 34.8 Å². The topological polar surface area (TPSA) is 62.3 Å². The first kappa shape index (κ1) is 21.7. The predicted octanol–water partition coefficient (Wildman–Crippen LogP) is 4.74. The number of anilines is 1. The maximum atomic E-state index is 13.7. The second kappa shape index (κ2) is 8.57. The monoisotopic (exact) mass is 445 g/mol. The fraction of sp³-hybridized carbons (Fsp3) is 0.261. The molecule has 5 nitrogen and oxygen atoms in total. The van der Waals surface area contributed by atoms with Crippen LogP contribution in [0.2, 0.25) is 0 Å². The maximum absolute atomic E-state index is 13.7. The van der Waals surface area contributed by atoms with Gasteiger partial charge in [-0.15, -0.1) is 0 Å². The molecule has 1 saturated heterocycles. The highest BCUT2D eigenvalue weighted by Crippen LogP contribution is 2.33. The lowest BCUT2D eigenvalue weighted by atomic mass is 9.87. The van der Waals surface area contributed by atoms with Crippen LogP contribution in [0.15, 0.2) is 54.7 Å². The van der Waals surface area contributed by atoms with Crippen LogP contribution in [0.5, 0.6) is 0 Å². The summed E-state index contributed by atoms with van der Waals surface area (Å²) in [6, 6.07) is 10.2. The number of amides is 2. The van der Waals surface area contributed by atoms with Gasteiger partial charge in [-0.05, 0) is 72.9 Å². The number of benzene rings is 2. The van der Waals surface area contributed by atoms with E-state index in [1.54, 1.807) is 12.3 Å². The highest BCUT2D eigenvalue weighted by molar-refractivity contribution is 6.39. The van der Waals surface area contributed by atoms with E-state index in [0.717, 1.165) is 35.2 Å². The third-order valence-electron chi connectivity index (χ3n) is 5.62. The first-order valence-electron chi connectivity index (χ1n) is 10.0. The fourth-order valence-electron chi connectivity index (χ4n) is 3.96. The Labute approximate surface area is 181 Å². The van der Waals surface area contributed by atoms with E-state index in [0.29, 0.717) is 31.4 Å². The number of alkyl halides is 3. The van der Waals surface area contributed by atoms with Gasteiger partial charge < -0.3 is 10.2 Å². The summed E-state index contributed by atoms with van der Waals surface area (Å²) < 4.78 is 51.6. The van der Waals surface area contributed by atoms with Crippen LogP contribution < -0.4 is 5.32 Å². The average Bonchev–Trinajstić information content (AvgIpc) is 2.78. The van der Waals surface area contributed by atoms with Crippen molar-refractivity contribution >= 4 is 28.4 Å². The molecule has 1 aliphatic rings. The van der Waals surface area contributed by atoms with Crippen LogP contribution in [0, 0.1) is 5.82 Å². The molecule has 166 valence electrons. The molecular weight excluding hydrogens is 426 g/mol.